The van der Waals surface area contributed by atoms with Gasteiger partial charge in [0.25, 0.3) is 5.91 Å². The van der Waals surface area contributed by atoms with Crippen LogP contribution in [0.1, 0.15) is 41.4 Å². The number of hydrogen-bond acceptors (Lipinski definition) is 2. The van der Waals surface area contributed by atoms with Crippen LogP contribution in [0.15, 0.2) is 48.5 Å². The van der Waals surface area contributed by atoms with Crippen molar-refractivity contribution in [3.05, 3.63) is 71.0 Å². The van der Waals surface area contributed by atoms with Crippen LogP contribution >= 0.6 is 0 Å². The number of nitrogens with one attached hydrogen (secondary N) is 1. The van der Waals surface area contributed by atoms with Crippen molar-refractivity contribution in [3.8, 4) is 0 Å². The SMILES string of the molecule is CC(C)CN1C(=O)c2ccccc2C1C(=O)NCCc1cccc(F)c1. The first-order valence-corrected chi connectivity index (χ1v) is 8.89. The molecule has 26 heavy (non-hydrogen) atoms. The molecule has 0 spiro atoms. The molecule has 0 aromatic heterocycles. The van der Waals surface area contributed by atoms with E-state index in [0.29, 0.717) is 25.1 Å². The molecule has 0 bridgehead atoms. The Morgan fingerprint density at radius 1 is 1.19 bits per heavy atom. The molecule has 0 aliphatic carbocycles. The van der Waals surface area contributed by atoms with Crippen LogP contribution < -0.4 is 5.32 Å². The zero-order valence-corrected chi connectivity index (χ0v) is 15.0. The average Bonchev–Trinajstić information content (AvgIpc) is 2.87. The third-order valence-electron chi connectivity index (χ3n) is 4.47. The van der Waals surface area contributed by atoms with Crippen LogP contribution in [0.4, 0.5) is 4.39 Å². The minimum Gasteiger partial charge on any atom is -0.354 e. The summed E-state index contributed by atoms with van der Waals surface area (Å²) in [5, 5.41) is 2.90. The molecule has 2 aromatic rings. The fourth-order valence-electron chi connectivity index (χ4n) is 3.35. The van der Waals surface area contributed by atoms with Gasteiger partial charge >= 0.3 is 0 Å². The van der Waals surface area contributed by atoms with E-state index in [1.54, 1.807) is 17.0 Å². The summed E-state index contributed by atoms with van der Waals surface area (Å²) in [5.41, 5.74) is 2.17. The van der Waals surface area contributed by atoms with Crippen molar-refractivity contribution in [2.45, 2.75) is 26.3 Å². The van der Waals surface area contributed by atoms with Crippen molar-refractivity contribution in [1.82, 2.24) is 10.2 Å². The summed E-state index contributed by atoms with van der Waals surface area (Å²) < 4.78 is 13.2. The summed E-state index contributed by atoms with van der Waals surface area (Å²) in [6, 6.07) is 13.0. The molecule has 1 unspecified atom stereocenters. The Hall–Kier alpha value is -2.69. The smallest absolute Gasteiger partial charge is 0.255 e. The highest BCUT2D eigenvalue weighted by molar-refractivity contribution is 6.04. The van der Waals surface area contributed by atoms with Gasteiger partial charge in [-0.25, -0.2) is 4.39 Å². The minimum atomic E-state index is -0.603. The Morgan fingerprint density at radius 3 is 2.69 bits per heavy atom. The quantitative estimate of drug-likeness (QED) is 0.865. The van der Waals surface area contributed by atoms with E-state index >= 15 is 0 Å². The van der Waals surface area contributed by atoms with Gasteiger partial charge in [0.2, 0.25) is 5.91 Å². The minimum absolute atomic E-state index is 0.0976. The molecule has 4 nitrogen and oxygen atoms in total. The molecule has 2 amide bonds. The third-order valence-corrected chi connectivity index (χ3v) is 4.47. The molecule has 1 heterocycles. The van der Waals surface area contributed by atoms with Crippen LogP contribution in [0, 0.1) is 11.7 Å². The van der Waals surface area contributed by atoms with Crippen molar-refractivity contribution >= 4 is 11.8 Å². The second-order valence-electron chi connectivity index (χ2n) is 7.01. The van der Waals surface area contributed by atoms with E-state index in [0.717, 1.165) is 11.1 Å². The van der Waals surface area contributed by atoms with Crippen LogP contribution in [0.5, 0.6) is 0 Å². The highest BCUT2D eigenvalue weighted by Gasteiger charge is 2.40. The number of carbonyl (C=O) groups is 2. The maximum absolute atomic E-state index is 13.2. The highest BCUT2D eigenvalue weighted by Crippen LogP contribution is 2.34. The molecule has 2 aromatic carbocycles. The second kappa shape index (κ2) is 7.68. The van der Waals surface area contributed by atoms with Crippen molar-refractivity contribution in [2.75, 3.05) is 13.1 Å². The average molecular weight is 354 g/mol. The summed E-state index contributed by atoms with van der Waals surface area (Å²) in [6.07, 6.45) is 0.538. The molecule has 0 saturated heterocycles. The van der Waals surface area contributed by atoms with Crippen LogP contribution in [0.3, 0.4) is 0 Å². The van der Waals surface area contributed by atoms with Gasteiger partial charge in [-0.05, 0) is 41.7 Å². The maximum atomic E-state index is 13.2. The normalized spacial score (nSPS) is 16.1. The molecule has 5 heteroatoms. The lowest BCUT2D eigenvalue weighted by Gasteiger charge is -2.26. The number of fused-ring (bicyclic) bond motifs is 1. The summed E-state index contributed by atoms with van der Waals surface area (Å²) in [7, 11) is 0. The lowest BCUT2D eigenvalue weighted by molar-refractivity contribution is -0.125. The Morgan fingerprint density at radius 2 is 1.96 bits per heavy atom. The van der Waals surface area contributed by atoms with Gasteiger partial charge in [-0.15, -0.1) is 0 Å². The maximum Gasteiger partial charge on any atom is 0.255 e. The first-order chi connectivity index (χ1) is 12.5. The van der Waals surface area contributed by atoms with Crippen molar-refractivity contribution in [3.63, 3.8) is 0 Å². The van der Waals surface area contributed by atoms with Gasteiger partial charge in [0.05, 0.1) is 0 Å². The molecular formula is C21H23FN2O2. The molecule has 1 aliphatic rings. The second-order valence-corrected chi connectivity index (χ2v) is 7.01. The Kier molecular flexibility index (Phi) is 5.35. The topological polar surface area (TPSA) is 49.4 Å². The first kappa shape index (κ1) is 18.1. The number of halogens is 1. The predicted molar refractivity (Wildman–Crippen MR) is 98.2 cm³/mol. The molecule has 0 saturated carbocycles. The summed E-state index contributed by atoms with van der Waals surface area (Å²) in [6.45, 7) is 4.96. The van der Waals surface area contributed by atoms with Crippen LogP contribution in [0.2, 0.25) is 0 Å². The molecule has 0 radical (unpaired) electrons. The molecule has 3 rings (SSSR count). The first-order valence-electron chi connectivity index (χ1n) is 8.89. The molecular weight excluding hydrogens is 331 g/mol. The van der Waals surface area contributed by atoms with Gasteiger partial charge in [0, 0.05) is 18.7 Å². The number of carbonyl (C=O) groups excluding carboxylic acids is 2. The zero-order chi connectivity index (χ0) is 18.7. The van der Waals surface area contributed by atoms with Gasteiger partial charge in [-0.3, -0.25) is 9.59 Å². The fourth-order valence-corrected chi connectivity index (χ4v) is 3.35. The molecule has 136 valence electrons. The molecule has 1 atom stereocenters. The van der Waals surface area contributed by atoms with Gasteiger partial charge in [-0.2, -0.15) is 0 Å². The van der Waals surface area contributed by atoms with E-state index in [1.165, 1.54) is 12.1 Å². The number of amides is 2. The third kappa shape index (κ3) is 3.77. The van der Waals surface area contributed by atoms with E-state index < -0.39 is 6.04 Å². The Bertz CT molecular complexity index is 819. The number of benzene rings is 2. The summed E-state index contributed by atoms with van der Waals surface area (Å²) in [5.74, 6) is -0.317. The largest absolute Gasteiger partial charge is 0.354 e. The van der Waals surface area contributed by atoms with Gasteiger partial charge in [-0.1, -0.05) is 44.2 Å². The van der Waals surface area contributed by atoms with Gasteiger partial charge < -0.3 is 10.2 Å². The Labute approximate surface area is 153 Å². The summed E-state index contributed by atoms with van der Waals surface area (Å²) in [4.78, 5) is 27.2. The Balaban J connectivity index is 1.72. The van der Waals surface area contributed by atoms with E-state index in [2.05, 4.69) is 5.32 Å². The van der Waals surface area contributed by atoms with Gasteiger partial charge in [0.1, 0.15) is 11.9 Å². The number of rotatable bonds is 6. The molecule has 1 aliphatic heterocycles. The van der Waals surface area contributed by atoms with Gasteiger partial charge in [0.15, 0.2) is 0 Å². The van der Waals surface area contributed by atoms with E-state index in [9.17, 15) is 14.0 Å². The lowest BCUT2D eigenvalue weighted by Crippen LogP contribution is -2.41. The number of nitrogens with zero attached hydrogens (tertiary/aromatic N) is 1. The fraction of sp³-hybridized carbons (Fsp3) is 0.333. The van der Waals surface area contributed by atoms with E-state index in [-0.39, 0.29) is 23.5 Å². The van der Waals surface area contributed by atoms with E-state index in [4.69, 9.17) is 0 Å². The van der Waals surface area contributed by atoms with Crippen molar-refractivity contribution in [2.24, 2.45) is 5.92 Å². The molecule has 0 fully saturated rings. The van der Waals surface area contributed by atoms with Crippen molar-refractivity contribution in [1.29, 1.82) is 0 Å². The van der Waals surface area contributed by atoms with Crippen LogP contribution in [-0.2, 0) is 11.2 Å². The van der Waals surface area contributed by atoms with E-state index in [1.807, 2.05) is 38.1 Å². The van der Waals surface area contributed by atoms with Crippen molar-refractivity contribution < 1.29 is 14.0 Å². The zero-order valence-electron chi connectivity index (χ0n) is 15.0. The monoisotopic (exact) mass is 354 g/mol. The lowest BCUT2D eigenvalue weighted by atomic mass is 10.0. The summed E-state index contributed by atoms with van der Waals surface area (Å²) >= 11 is 0. The number of hydrogen-bond donors (Lipinski definition) is 1. The predicted octanol–water partition coefficient (Wildman–Crippen LogP) is 3.34. The standard InChI is InChI=1S/C21H23FN2O2/c1-14(2)13-24-19(17-8-3-4-9-18(17)21(24)26)20(25)23-11-10-15-6-5-7-16(22)12-15/h3-9,12,14,19H,10-11,13H2,1-2H3,(H,23,25). The molecule has 1 N–H and O–H groups in total. The highest BCUT2D eigenvalue weighted by atomic mass is 19.1. The van der Waals surface area contributed by atoms with Crippen LogP contribution in [-0.4, -0.2) is 29.8 Å². The van der Waals surface area contributed by atoms with Crippen LogP contribution in [0.25, 0.3) is 0 Å².